The van der Waals surface area contributed by atoms with Gasteiger partial charge in [-0.05, 0) is 33.1 Å². The molecule has 5 nitrogen and oxygen atoms in total. The third-order valence-corrected chi connectivity index (χ3v) is 4.98. The third-order valence-electron chi connectivity index (χ3n) is 4.98. The monoisotopic (exact) mass is 264 g/mol. The summed E-state index contributed by atoms with van der Waals surface area (Å²) < 4.78 is 7.97. The molecule has 5 heteroatoms. The van der Waals surface area contributed by atoms with E-state index in [0.717, 1.165) is 31.9 Å². The van der Waals surface area contributed by atoms with Gasteiger partial charge in [0.1, 0.15) is 12.2 Å². The SMILES string of the molecule is CCOC1CC(NCc2nncn2CC)C12CCC2. The van der Waals surface area contributed by atoms with Crippen LogP contribution < -0.4 is 5.32 Å². The van der Waals surface area contributed by atoms with Crippen LogP contribution >= 0.6 is 0 Å². The molecule has 0 aliphatic heterocycles. The number of ether oxygens (including phenoxy) is 1. The number of rotatable bonds is 6. The first-order valence-electron chi connectivity index (χ1n) is 7.52. The summed E-state index contributed by atoms with van der Waals surface area (Å²) in [6.07, 6.45) is 7.42. The van der Waals surface area contributed by atoms with Crippen LogP contribution in [-0.2, 0) is 17.8 Å². The summed E-state index contributed by atoms with van der Waals surface area (Å²) in [6.45, 7) is 6.80. The number of aromatic nitrogens is 3. The van der Waals surface area contributed by atoms with Crippen LogP contribution in [0.25, 0.3) is 0 Å². The molecular weight excluding hydrogens is 240 g/mol. The van der Waals surface area contributed by atoms with Gasteiger partial charge in [0.15, 0.2) is 0 Å². The minimum absolute atomic E-state index is 0.424. The van der Waals surface area contributed by atoms with Gasteiger partial charge in [0, 0.05) is 24.6 Å². The van der Waals surface area contributed by atoms with Crippen LogP contribution in [0.1, 0.15) is 45.4 Å². The number of aryl methyl sites for hydroxylation is 1. The Morgan fingerprint density at radius 3 is 2.95 bits per heavy atom. The number of hydrogen-bond donors (Lipinski definition) is 1. The molecule has 1 heterocycles. The largest absolute Gasteiger partial charge is 0.378 e. The standard InChI is InChI=1S/C14H24N4O/c1-3-18-10-16-17-13(18)9-15-11-8-12(19-4-2)14(11)6-5-7-14/h10-12,15H,3-9H2,1-2H3. The maximum absolute atomic E-state index is 5.87. The van der Waals surface area contributed by atoms with Crippen molar-refractivity contribution in [2.24, 2.45) is 5.41 Å². The van der Waals surface area contributed by atoms with Gasteiger partial charge in [-0.1, -0.05) is 6.42 Å². The molecule has 0 bridgehead atoms. The lowest BCUT2D eigenvalue weighted by Crippen LogP contribution is -2.66. The summed E-state index contributed by atoms with van der Waals surface area (Å²) >= 11 is 0. The van der Waals surface area contributed by atoms with E-state index in [-0.39, 0.29) is 0 Å². The maximum atomic E-state index is 5.87. The van der Waals surface area contributed by atoms with E-state index in [0.29, 0.717) is 17.6 Å². The van der Waals surface area contributed by atoms with Crippen molar-refractivity contribution in [3.8, 4) is 0 Å². The second-order valence-electron chi connectivity index (χ2n) is 5.73. The van der Waals surface area contributed by atoms with E-state index in [4.69, 9.17) is 4.74 Å². The molecule has 2 aliphatic rings. The molecule has 1 aromatic heterocycles. The Balaban J connectivity index is 1.57. The fraction of sp³-hybridized carbons (Fsp3) is 0.857. The molecule has 2 saturated carbocycles. The van der Waals surface area contributed by atoms with Crippen LogP contribution in [0.2, 0.25) is 0 Å². The van der Waals surface area contributed by atoms with Crippen molar-refractivity contribution in [2.45, 2.75) is 64.8 Å². The lowest BCUT2D eigenvalue weighted by molar-refractivity contribution is -0.173. The van der Waals surface area contributed by atoms with Gasteiger partial charge in [-0.15, -0.1) is 10.2 Å². The van der Waals surface area contributed by atoms with E-state index >= 15 is 0 Å². The van der Waals surface area contributed by atoms with Gasteiger partial charge in [0.05, 0.1) is 12.6 Å². The Hall–Kier alpha value is -0.940. The van der Waals surface area contributed by atoms with Gasteiger partial charge < -0.3 is 14.6 Å². The summed E-state index contributed by atoms with van der Waals surface area (Å²) in [4.78, 5) is 0. The first-order valence-corrected chi connectivity index (χ1v) is 7.52. The molecule has 1 N–H and O–H groups in total. The highest BCUT2D eigenvalue weighted by Gasteiger charge is 2.58. The first kappa shape index (κ1) is 13.1. The van der Waals surface area contributed by atoms with Crippen LogP contribution in [-0.4, -0.2) is 33.5 Å². The third kappa shape index (κ3) is 2.09. The fourth-order valence-electron chi connectivity index (χ4n) is 3.62. The summed E-state index contributed by atoms with van der Waals surface area (Å²) in [5.41, 5.74) is 0.424. The molecule has 2 unspecified atom stereocenters. The molecule has 0 radical (unpaired) electrons. The lowest BCUT2D eigenvalue weighted by Gasteiger charge is -2.61. The molecule has 1 aromatic rings. The normalized spacial score (nSPS) is 28.1. The quantitative estimate of drug-likeness (QED) is 0.850. The zero-order valence-electron chi connectivity index (χ0n) is 11.9. The predicted octanol–water partition coefficient (Wildman–Crippen LogP) is 1.74. The number of nitrogens with zero attached hydrogens (tertiary/aromatic N) is 3. The summed E-state index contributed by atoms with van der Waals surface area (Å²) in [6, 6.07) is 0.597. The van der Waals surface area contributed by atoms with Crippen LogP contribution in [0.4, 0.5) is 0 Å². The van der Waals surface area contributed by atoms with Crippen molar-refractivity contribution in [1.29, 1.82) is 0 Å². The Labute approximate surface area is 114 Å². The van der Waals surface area contributed by atoms with Crippen LogP contribution in [0, 0.1) is 5.41 Å². The van der Waals surface area contributed by atoms with Gasteiger partial charge >= 0.3 is 0 Å². The minimum Gasteiger partial charge on any atom is -0.378 e. The Morgan fingerprint density at radius 1 is 1.47 bits per heavy atom. The molecule has 2 fully saturated rings. The number of hydrogen-bond acceptors (Lipinski definition) is 4. The fourth-order valence-corrected chi connectivity index (χ4v) is 3.62. The van der Waals surface area contributed by atoms with Crippen LogP contribution in [0.3, 0.4) is 0 Å². The molecule has 2 aliphatic carbocycles. The van der Waals surface area contributed by atoms with Crippen molar-refractivity contribution in [3.05, 3.63) is 12.2 Å². The second kappa shape index (κ2) is 5.21. The minimum atomic E-state index is 0.424. The van der Waals surface area contributed by atoms with E-state index < -0.39 is 0 Å². The van der Waals surface area contributed by atoms with Gasteiger partial charge in [-0.2, -0.15) is 0 Å². The van der Waals surface area contributed by atoms with Crippen molar-refractivity contribution < 1.29 is 4.74 Å². The first-order chi connectivity index (χ1) is 9.30. The van der Waals surface area contributed by atoms with Crippen molar-refractivity contribution in [2.75, 3.05) is 6.61 Å². The predicted molar refractivity (Wildman–Crippen MR) is 72.6 cm³/mol. The molecule has 3 rings (SSSR count). The number of nitrogens with one attached hydrogen (secondary N) is 1. The molecule has 19 heavy (non-hydrogen) atoms. The highest BCUT2D eigenvalue weighted by atomic mass is 16.5. The second-order valence-corrected chi connectivity index (χ2v) is 5.73. The molecule has 0 aromatic carbocycles. The molecule has 0 amide bonds. The average molecular weight is 264 g/mol. The van der Waals surface area contributed by atoms with Crippen molar-refractivity contribution in [1.82, 2.24) is 20.1 Å². The average Bonchev–Trinajstić information content (AvgIpc) is 2.78. The Bertz CT molecular complexity index is 427. The van der Waals surface area contributed by atoms with Crippen molar-refractivity contribution in [3.63, 3.8) is 0 Å². The molecule has 0 saturated heterocycles. The van der Waals surface area contributed by atoms with Crippen molar-refractivity contribution >= 4 is 0 Å². The van der Waals surface area contributed by atoms with Gasteiger partial charge in [0.25, 0.3) is 0 Å². The Morgan fingerprint density at radius 2 is 2.32 bits per heavy atom. The molecule has 1 spiro atoms. The summed E-state index contributed by atoms with van der Waals surface area (Å²) in [5, 5.41) is 11.8. The lowest BCUT2D eigenvalue weighted by atomic mass is 9.51. The van der Waals surface area contributed by atoms with E-state index in [2.05, 4.69) is 33.9 Å². The van der Waals surface area contributed by atoms with Gasteiger partial charge in [-0.3, -0.25) is 0 Å². The van der Waals surface area contributed by atoms with E-state index in [1.807, 2.05) is 0 Å². The van der Waals surface area contributed by atoms with Crippen LogP contribution in [0.15, 0.2) is 6.33 Å². The van der Waals surface area contributed by atoms with E-state index in [1.54, 1.807) is 6.33 Å². The topological polar surface area (TPSA) is 52.0 Å². The van der Waals surface area contributed by atoms with Gasteiger partial charge in [-0.25, -0.2) is 0 Å². The Kier molecular flexibility index (Phi) is 3.58. The zero-order chi connectivity index (χ0) is 13.3. The van der Waals surface area contributed by atoms with E-state index in [1.165, 1.54) is 19.3 Å². The highest BCUT2D eigenvalue weighted by molar-refractivity contribution is 5.12. The van der Waals surface area contributed by atoms with E-state index in [9.17, 15) is 0 Å². The highest BCUT2D eigenvalue weighted by Crippen LogP contribution is 2.57. The summed E-state index contributed by atoms with van der Waals surface area (Å²) in [7, 11) is 0. The molecule has 2 atom stereocenters. The smallest absolute Gasteiger partial charge is 0.146 e. The maximum Gasteiger partial charge on any atom is 0.146 e. The summed E-state index contributed by atoms with van der Waals surface area (Å²) in [5.74, 6) is 1.04. The molecule has 106 valence electrons. The zero-order valence-corrected chi connectivity index (χ0v) is 11.9. The van der Waals surface area contributed by atoms with Crippen LogP contribution in [0.5, 0.6) is 0 Å². The molecular formula is C14H24N4O. The van der Waals surface area contributed by atoms with Gasteiger partial charge in [0.2, 0.25) is 0 Å².